The van der Waals surface area contributed by atoms with Crippen LogP contribution in [0.25, 0.3) is 11.0 Å². The monoisotopic (exact) mass is 269 g/mol. The van der Waals surface area contributed by atoms with Gasteiger partial charge in [-0.1, -0.05) is 0 Å². The van der Waals surface area contributed by atoms with Crippen molar-refractivity contribution in [3.05, 3.63) is 27.1 Å². The largest absolute Gasteiger partial charge is 0.382 e. The average molecular weight is 270 g/mol. The Morgan fingerprint density at radius 3 is 2.47 bits per heavy atom. The summed E-state index contributed by atoms with van der Waals surface area (Å²) in [5, 5.41) is 3.29. The van der Waals surface area contributed by atoms with Gasteiger partial charge in [0.1, 0.15) is 0 Å². The smallest absolute Gasteiger partial charge is 0.323 e. The topological polar surface area (TPSA) is 60.7 Å². The van der Waals surface area contributed by atoms with Crippen LogP contribution in [0.4, 0.5) is 5.69 Å². The van der Waals surface area contributed by atoms with E-state index >= 15 is 0 Å². The van der Waals surface area contributed by atoms with E-state index in [1.807, 2.05) is 12.1 Å². The summed E-state index contributed by atoms with van der Waals surface area (Å²) in [5.74, 6) is 0. The molecule has 15 heavy (non-hydrogen) atoms. The lowest BCUT2D eigenvalue weighted by molar-refractivity contribution is 0.899. The van der Waals surface area contributed by atoms with Crippen molar-refractivity contribution in [3.63, 3.8) is 0 Å². The number of rotatable bonds is 2. The van der Waals surface area contributed by atoms with Crippen LogP contribution in [-0.4, -0.2) is 16.0 Å². The molecule has 0 bridgehead atoms. The van der Waals surface area contributed by atoms with Crippen LogP contribution >= 0.6 is 15.9 Å². The van der Waals surface area contributed by atoms with E-state index in [2.05, 4.69) is 45.1 Å². The summed E-state index contributed by atoms with van der Waals surface area (Å²) in [4.78, 5) is 16.5. The van der Waals surface area contributed by atoms with Crippen LogP contribution in [0, 0.1) is 0 Å². The predicted octanol–water partition coefficient (Wildman–Crippen LogP) is 2.44. The van der Waals surface area contributed by atoms with E-state index in [1.54, 1.807) is 0 Å². The van der Waals surface area contributed by atoms with Crippen LogP contribution in [0.5, 0.6) is 0 Å². The first-order valence-electron chi connectivity index (χ1n) is 4.74. The highest BCUT2D eigenvalue weighted by Gasteiger charge is 2.05. The number of fused-ring (bicyclic) bond motifs is 1. The normalized spacial score (nSPS) is 11.2. The van der Waals surface area contributed by atoms with Crippen molar-refractivity contribution in [1.29, 1.82) is 0 Å². The van der Waals surface area contributed by atoms with Gasteiger partial charge in [0.15, 0.2) is 0 Å². The molecule has 0 saturated heterocycles. The van der Waals surface area contributed by atoms with E-state index in [4.69, 9.17) is 0 Å². The van der Waals surface area contributed by atoms with Crippen molar-refractivity contribution in [1.82, 2.24) is 9.97 Å². The minimum atomic E-state index is -0.182. The van der Waals surface area contributed by atoms with Gasteiger partial charge in [-0.2, -0.15) is 0 Å². The lowest BCUT2D eigenvalue weighted by Crippen LogP contribution is -2.09. The fourth-order valence-electron chi connectivity index (χ4n) is 1.48. The van der Waals surface area contributed by atoms with E-state index in [0.717, 1.165) is 21.2 Å². The molecule has 2 aromatic rings. The van der Waals surface area contributed by atoms with Crippen LogP contribution in [0.2, 0.25) is 0 Å². The van der Waals surface area contributed by atoms with Gasteiger partial charge >= 0.3 is 5.69 Å². The predicted molar refractivity (Wildman–Crippen MR) is 65.4 cm³/mol. The van der Waals surface area contributed by atoms with Crippen molar-refractivity contribution in [2.75, 3.05) is 5.32 Å². The molecule has 0 aliphatic heterocycles. The van der Waals surface area contributed by atoms with E-state index in [0.29, 0.717) is 6.04 Å². The quantitative estimate of drug-likeness (QED) is 0.784. The zero-order chi connectivity index (χ0) is 11.0. The average Bonchev–Trinajstić information content (AvgIpc) is 2.44. The second kappa shape index (κ2) is 3.73. The Kier molecular flexibility index (Phi) is 2.56. The number of hydrogen-bond donors (Lipinski definition) is 3. The van der Waals surface area contributed by atoms with Crippen molar-refractivity contribution in [3.8, 4) is 0 Å². The van der Waals surface area contributed by atoms with Gasteiger partial charge in [-0.25, -0.2) is 4.79 Å². The third-order valence-electron chi connectivity index (χ3n) is 2.05. The highest BCUT2D eigenvalue weighted by molar-refractivity contribution is 9.10. The molecule has 1 heterocycles. The van der Waals surface area contributed by atoms with Crippen LogP contribution in [0.1, 0.15) is 13.8 Å². The summed E-state index contributed by atoms with van der Waals surface area (Å²) in [7, 11) is 0. The molecule has 0 radical (unpaired) electrons. The minimum Gasteiger partial charge on any atom is -0.382 e. The molecule has 0 spiro atoms. The van der Waals surface area contributed by atoms with Gasteiger partial charge in [0.2, 0.25) is 0 Å². The first kappa shape index (κ1) is 10.3. The molecule has 0 aliphatic rings. The maximum atomic E-state index is 11.1. The summed E-state index contributed by atoms with van der Waals surface area (Å²) in [6.07, 6.45) is 0. The van der Waals surface area contributed by atoms with Crippen LogP contribution in [-0.2, 0) is 0 Å². The van der Waals surface area contributed by atoms with Gasteiger partial charge < -0.3 is 15.3 Å². The van der Waals surface area contributed by atoms with Crippen molar-refractivity contribution in [2.45, 2.75) is 19.9 Å². The summed E-state index contributed by atoms with van der Waals surface area (Å²) >= 11 is 3.46. The number of benzene rings is 1. The zero-order valence-corrected chi connectivity index (χ0v) is 10.1. The number of imidazole rings is 1. The Balaban J connectivity index is 2.56. The van der Waals surface area contributed by atoms with Gasteiger partial charge in [-0.05, 0) is 41.9 Å². The maximum Gasteiger partial charge on any atom is 0.323 e. The standard InChI is InChI=1S/C10H12BrN3O/c1-5(2)12-7-4-9-8(3-6(7)11)13-10(15)14-9/h3-5,12H,1-2H3,(H2,13,14,15). The Bertz CT molecular complexity index is 541. The molecule has 0 aliphatic carbocycles. The molecule has 0 saturated carbocycles. The molecule has 3 N–H and O–H groups in total. The second-order valence-corrected chi connectivity index (χ2v) is 4.61. The molecular weight excluding hydrogens is 258 g/mol. The third kappa shape index (κ3) is 2.07. The molecule has 0 amide bonds. The highest BCUT2D eigenvalue weighted by atomic mass is 79.9. The highest BCUT2D eigenvalue weighted by Crippen LogP contribution is 2.26. The second-order valence-electron chi connectivity index (χ2n) is 3.76. The number of aromatic amines is 2. The lowest BCUT2D eigenvalue weighted by Gasteiger charge is -2.11. The first-order valence-corrected chi connectivity index (χ1v) is 5.53. The van der Waals surface area contributed by atoms with Gasteiger partial charge in [0.25, 0.3) is 0 Å². The summed E-state index contributed by atoms with van der Waals surface area (Å²) in [6, 6.07) is 4.15. The SMILES string of the molecule is CC(C)Nc1cc2[nH]c(=O)[nH]c2cc1Br. The molecule has 0 fully saturated rings. The van der Waals surface area contributed by atoms with Crippen molar-refractivity contribution < 1.29 is 0 Å². The third-order valence-corrected chi connectivity index (χ3v) is 2.70. The Labute approximate surface area is 95.2 Å². The van der Waals surface area contributed by atoms with E-state index < -0.39 is 0 Å². The summed E-state index contributed by atoms with van der Waals surface area (Å²) in [6.45, 7) is 4.13. The number of H-pyrrole nitrogens is 2. The number of aromatic nitrogens is 2. The summed E-state index contributed by atoms with van der Waals surface area (Å²) in [5.41, 5.74) is 2.42. The summed E-state index contributed by atoms with van der Waals surface area (Å²) < 4.78 is 0.943. The number of halogens is 1. The first-order chi connectivity index (χ1) is 7.06. The van der Waals surface area contributed by atoms with Gasteiger partial charge in [-0.3, -0.25) is 0 Å². The molecule has 80 valence electrons. The fraction of sp³-hybridized carbons (Fsp3) is 0.300. The fourth-order valence-corrected chi connectivity index (χ4v) is 1.94. The Morgan fingerprint density at radius 2 is 1.87 bits per heavy atom. The van der Waals surface area contributed by atoms with E-state index in [-0.39, 0.29) is 5.69 Å². The molecular formula is C10H12BrN3O. The molecule has 2 rings (SSSR count). The number of nitrogens with one attached hydrogen (secondary N) is 3. The Hall–Kier alpha value is -1.23. The van der Waals surface area contributed by atoms with Gasteiger partial charge in [-0.15, -0.1) is 0 Å². The van der Waals surface area contributed by atoms with Gasteiger partial charge in [0.05, 0.1) is 16.7 Å². The number of anilines is 1. The van der Waals surface area contributed by atoms with E-state index in [9.17, 15) is 4.79 Å². The zero-order valence-electron chi connectivity index (χ0n) is 8.52. The molecule has 1 aromatic carbocycles. The molecule has 1 aromatic heterocycles. The molecule has 0 atom stereocenters. The molecule has 4 nitrogen and oxygen atoms in total. The van der Waals surface area contributed by atoms with Crippen molar-refractivity contribution >= 4 is 32.7 Å². The van der Waals surface area contributed by atoms with Crippen LogP contribution in [0.15, 0.2) is 21.4 Å². The Morgan fingerprint density at radius 1 is 1.27 bits per heavy atom. The van der Waals surface area contributed by atoms with E-state index in [1.165, 1.54) is 0 Å². The minimum absolute atomic E-state index is 0.182. The molecule has 0 unspecified atom stereocenters. The number of hydrogen-bond acceptors (Lipinski definition) is 2. The molecule has 5 heteroatoms. The lowest BCUT2D eigenvalue weighted by atomic mass is 10.2. The van der Waals surface area contributed by atoms with Crippen LogP contribution < -0.4 is 11.0 Å². The maximum absolute atomic E-state index is 11.1. The van der Waals surface area contributed by atoms with Crippen molar-refractivity contribution in [2.24, 2.45) is 0 Å². The van der Waals surface area contributed by atoms with Gasteiger partial charge in [0, 0.05) is 10.5 Å². The van der Waals surface area contributed by atoms with Crippen LogP contribution in [0.3, 0.4) is 0 Å².